The van der Waals surface area contributed by atoms with Crippen molar-refractivity contribution in [2.24, 2.45) is 0 Å². The van der Waals surface area contributed by atoms with Gasteiger partial charge in [0.05, 0.1) is 4.90 Å². The number of aromatic amines is 1. The van der Waals surface area contributed by atoms with E-state index in [2.05, 4.69) is 17.2 Å². The molecule has 0 atom stereocenters. The summed E-state index contributed by atoms with van der Waals surface area (Å²) in [6, 6.07) is 1.73. The lowest BCUT2D eigenvalue weighted by atomic mass is 10.4. The first-order valence-electron chi connectivity index (χ1n) is 6.52. The second-order valence-corrected chi connectivity index (χ2v) is 6.59. The number of hydrogen-bond acceptors (Lipinski definition) is 3. The van der Waals surface area contributed by atoms with Gasteiger partial charge in [0.2, 0.25) is 10.0 Å². The Balaban J connectivity index is 2.04. The lowest BCUT2D eigenvalue weighted by molar-refractivity contribution is 0.477. The smallest absolute Gasteiger partial charge is 0.244 e. The van der Waals surface area contributed by atoms with Gasteiger partial charge in [-0.3, -0.25) is 0 Å². The molecule has 0 bridgehead atoms. The average molecular weight is 271 g/mol. The van der Waals surface area contributed by atoms with Crippen LogP contribution >= 0.6 is 0 Å². The summed E-state index contributed by atoms with van der Waals surface area (Å²) in [5.41, 5.74) is 0.918. The highest BCUT2D eigenvalue weighted by molar-refractivity contribution is 7.89. The highest BCUT2D eigenvalue weighted by Gasteiger charge is 2.27. The summed E-state index contributed by atoms with van der Waals surface area (Å²) in [6.45, 7) is 5.02. The van der Waals surface area contributed by atoms with E-state index < -0.39 is 10.0 Å². The summed E-state index contributed by atoms with van der Waals surface area (Å²) in [6.07, 6.45) is 4.60. The third-order valence-electron chi connectivity index (χ3n) is 3.16. The average Bonchev–Trinajstić information content (AvgIpc) is 3.01. The van der Waals surface area contributed by atoms with Gasteiger partial charge in [0, 0.05) is 31.5 Å². The van der Waals surface area contributed by atoms with E-state index in [1.807, 2.05) is 0 Å². The molecule has 1 fully saturated rings. The minimum Gasteiger partial charge on any atom is -0.363 e. The maximum atomic E-state index is 12.3. The van der Waals surface area contributed by atoms with Gasteiger partial charge in [0.1, 0.15) is 0 Å². The molecule has 102 valence electrons. The number of aromatic nitrogens is 1. The number of sulfonamides is 1. The number of nitrogens with zero attached hydrogens (tertiary/aromatic N) is 1. The molecule has 2 rings (SSSR count). The predicted octanol–water partition coefficient (Wildman–Crippen LogP) is 1.30. The van der Waals surface area contributed by atoms with Gasteiger partial charge in [-0.2, -0.15) is 4.31 Å². The molecule has 0 aliphatic carbocycles. The van der Waals surface area contributed by atoms with Crippen LogP contribution in [0.5, 0.6) is 0 Å². The van der Waals surface area contributed by atoms with Crippen LogP contribution in [0.15, 0.2) is 17.2 Å². The summed E-state index contributed by atoms with van der Waals surface area (Å²) in [5.74, 6) is 0. The highest BCUT2D eigenvalue weighted by Crippen LogP contribution is 2.21. The third-order valence-corrected chi connectivity index (χ3v) is 5.04. The summed E-state index contributed by atoms with van der Waals surface area (Å²) < 4.78 is 26.1. The molecule has 1 saturated heterocycles. The summed E-state index contributed by atoms with van der Waals surface area (Å²) >= 11 is 0. The second kappa shape index (κ2) is 5.86. The maximum Gasteiger partial charge on any atom is 0.244 e. The summed E-state index contributed by atoms with van der Waals surface area (Å²) in [4.78, 5) is 3.41. The van der Waals surface area contributed by atoms with Crippen molar-refractivity contribution in [1.82, 2.24) is 14.6 Å². The lowest BCUT2D eigenvalue weighted by Crippen LogP contribution is -2.27. The van der Waals surface area contributed by atoms with Crippen LogP contribution in [0, 0.1) is 0 Å². The van der Waals surface area contributed by atoms with Crippen LogP contribution in [0.1, 0.15) is 31.9 Å². The first-order chi connectivity index (χ1) is 8.64. The van der Waals surface area contributed by atoms with Crippen LogP contribution in [-0.2, 0) is 16.6 Å². The molecule has 5 nitrogen and oxygen atoms in total. The van der Waals surface area contributed by atoms with Crippen molar-refractivity contribution in [1.29, 1.82) is 0 Å². The Hall–Kier alpha value is -0.850. The summed E-state index contributed by atoms with van der Waals surface area (Å²) in [7, 11) is -3.27. The number of hydrogen-bond donors (Lipinski definition) is 2. The van der Waals surface area contributed by atoms with E-state index in [4.69, 9.17) is 0 Å². The third kappa shape index (κ3) is 2.93. The normalized spacial score (nSPS) is 17.4. The molecule has 1 aromatic heterocycles. The molecule has 0 aromatic carbocycles. The van der Waals surface area contributed by atoms with Crippen molar-refractivity contribution in [2.45, 2.75) is 37.6 Å². The molecule has 1 aliphatic heterocycles. The van der Waals surface area contributed by atoms with Crippen LogP contribution in [-0.4, -0.2) is 37.3 Å². The number of H-pyrrole nitrogens is 1. The monoisotopic (exact) mass is 271 g/mol. The van der Waals surface area contributed by atoms with E-state index in [9.17, 15) is 8.42 Å². The minimum absolute atomic E-state index is 0.387. The Labute approximate surface area is 109 Å². The molecule has 2 N–H and O–H groups in total. The Bertz CT molecular complexity index is 475. The molecule has 18 heavy (non-hydrogen) atoms. The zero-order chi connectivity index (χ0) is 13.0. The summed E-state index contributed by atoms with van der Waals surface area (Å²) in [5, 5.41) is 3.25. The molecule has 0 amide bonds. The first-order valence-corrected chi connectivity index (χ1v) is 7.97. The Kier molecular flexibility index (Phi) is 4.42. The molecule has 0 radical (unpaired) electrons. The maximum absolute atomic E-state index is 12.3. The fraction of sp³-hybridized carbons (Fsp3) is 0.667. The quantitative estimate of drug-likeness (QED) is 0.766. The SMILES string of the molecule is CCCNCc1cc(S(=O)(=O)N2CCCC2)c[nH]1. The van der Waals surface area contributed by atoms with Gasteiger partial charge in [0.15, 0.2) is 0 Å². The predicted molar refractivity (Wildman–Crippen MR) is 70.8 cm³/mol. The molecule has 1 aromatic rings. The van der Waals surface area contributed by atoms with Gasteiger partial charge in [-0.05, 0) is 31.9 Å². The largest absolute Gasteiger partial charge is 0.363 e. The Morgan fingerprint density at radius 3 is 2.78 bits per heavy atom. The van der Waals surface area contributed by atoms with Crippen LogP contribution in [0.25, 0.3) is 0 Å². The number of rotatable bonds is 6. The van der Waals surface area contributed by atoms with E-state index in [0.29, 0.717) is 24.5 Å². The molecule has 2 heterocycles. The standard InChI is InChI=1S/C12H21N3O2S/c1-2-5-13-9-11-8-12(10-14-11)18(16,17)15-6-3-4-7-15/h8,10,13-14H,2-7,9H2,1H3. The topological polar surface area (TPSA) is 65.2 Å². The fourth-order valence-electron chi connectivity index (χ4n) is 2.15. The minimum atomic E-state index is -3.27. The van der Waals surface area contributed by atoms with E-state index in [0.717, 1.165) is 31.5 Å². The van der Waals surface area contributed by atoms with Gasteiger partial charge in [-0.25, -0.2) is 8.42 Å². The molecule has 0 spiro atoms. The van der Waals surface area contributed by atoms with E-state index in [1.165, 1.54) is 0 Å². The molecule has 0 unspecified atom stereocenters. The first kappa shape index (κ1) is 13.6. The van der Waals surface area contributed by atoms with Crippen molar-refractivity contribution < 1.29 is 8.42 Å². The van der Waals surface area contributed by atoms with Crippen molar-refractivity contribution >= 4 is 10.0 Å². The highest BCUT2D eigenvalue weighted by atomic mass is 32.2. The van der Waals surface area contributed by atoms with Crippen molar-refractivity contribution in [3.8, 4) is 0 Å². The molecule has 6 heteroatoms. The molecule has 0 saturated carbocycles. The van der Waals surface area contributed by atoms with Gasteiger partial charge < -0.3 is 10.3 Å². The molecule has 1 aliphatic rings. The molecular formula is C12H21N3O2S. The van der Waals surface area contributed by atoms with Gasteiger partial charge in [-0.15, -0.1) is 0 Å². The van der Waals surface area contributed by atoms with Crippen molar-refractivity contribution in [3.63, 3.8) is 0 Å². The van der Waals surface area contributed by atoms with Crippen molar-refractivity contribution in [2.75, 3.05) is 19.6 Å². The van der Waals surface area contributed by atoms with Gasteiger partial charge in [0.25, 0.3) is 0 Å². The fourth-order valence-corrected chi connectivity index (χ4v) is 3.68. The molecular weight excluding hydrogens is 250 g/mol. The Morgan fingerprint density at radius 2 is 2.11 bits per heavy atom. The zero-order valence-corrected chi connectivity index (χ0v) is 11.6. The van der Waals surface area contributed by atoms with E-state index >= 15 is 0 Å². The van der Waals surface area contributed by atoms with E-state index in [1.54, 1.807) is 16.6 Å². The Morgan fingerprint density at radius 1 is 1.39 bits per heavy atom. The van der Waals surface area contributed by atoms with Crippen LogP contribution < -0.4 is 5.32 Å². The number of nitrogens with one attached hydrogen (secondary N) is 2. The van der Waals surface area contributed by atoms with E-state index in [-0.39, 0.29) is 0 Å². The second-order valence-electron chi connectivity index (χ2n) is 4.65. The van der Waals surface area contributed by atoms with Crippen molar-refractivity contribution in [3.05, 3.63) is 18.0 Å². The van der Waals surface area contributed by atoms with Gasteiger partial charge >= 0.3 is 0 Å². The lowest BCUT2D eigenvalue weighted by Gasteiger charge is -2.13. The van der Waals surface area contributed by atoms with Gasteiger partial charge in [-0.1, -0.05) is 6.92 Å². The van der Waals surface area contributed by atoms with Crippen LogP contribution in [0.4, 0.5) is 0 Å². The zero-order valence-electron chi connectivity index (χ0n) is 10.8. The van der Waals surface area contributed by atoms with Crippen LogP contribution in [0.3, 0.4) is 0 Å². The van der Waals surface area contributed by atoms with Crippen LogP contribution in [0.2, 0.25) is 0 Å².